The van der Waals surface area contributed by atoms with Gasteiger partial charge in [-0.3, -0.25) is 14.4 Å². The molecule has 0 saturated heterocycles. The highest BCUT2D eigenvalue weighted by molar-refractivity contribution is 5.94. The van der Waals surface area contributed by atoms with Crippen molar-refractivity contribution in [3.05, 3.63) is 65.7 Å². The molecule has 2 aromatic carbocycles. The molecule has 0 aromatic heterocycles. The van der Waals surface area contributed by atoms with Crippen LogP contribution in [0.1, 0.15) is 38.3 Å². The first-order valence-corrected chi connectivity index (χ1v) is 12.8. The van der Waals surface area contributed by atoms with Crippen LogP contribution in [0.4, 0.5) is 0 Å². The first-order chi connectivity index (χ1) is 18.4. The van der Waals surface area contributed by atoms with Crippen LogP contribution in [-0.4, -0.2) is 69.3 Å². The predicted molar refractivity (Wildman–Crippen MR) is 144 cm³/mol. The molecule has 3 amide bonds. The quantitative estimate of drug-likeness (QED) is 0.179. The Labute approximate surface area is 227 Å². The van der Waals surface area contributed by atoms with Gasteiger partial charge < -0.3 is 37.0 Å². The molecule has 0 fully saturated rings. The van der Waals surface area contributed by atoms with E-state index in [2.05, 4.69) is 16.0 Å². The zero-order chi connectivity index (χ0) is 29.1. The number of rotatable bonds is 14. The van der Waals surface area contributed by atoms with Crippen LogP contribution < -0.4 is 21.7 Å². The van der Waals surface area contributed by atoms with Gasteiger partial charge in [-0.15, -0.1) is 0 Å². The summed E-state index contributed by atoms with van der Waals surface area (Å²) >= 11 is 0. The van der Waals surface area contributed by atoms with Crippen LogP contribution in [0, 0.1) is 5.92 Å². The monoisotopic (exact) mass is 542 g/mol. The largest absolute Gasteiger partial charge is 0.508 e. The molecule has 2 aromatic rings. The average Bonchev–Trinajstić information content (AvgIpc) is 2.88. The van der Waals surface area contributed by atoms with Crippen LogP contribution in [0.2, 0.25) is 0 Å². The van der Waals surface area contributed by atoms with Gasteiger partial charge >= 0.3 is 5.97 Å². The summed E-state index contributed by atoms with van der Waals surface area (Å²) in [4.78, 5) is 51.1. The van der Waals surface area contributed by atoms with E-state index in [1.165, 1.54) is 19.1 Å². The van der Waals surface area contributed by atoms with Crippen LogP contribution in [0.25, 0.3) is 0 Å². The lowest BCUT2D eigenvalue weighted by Gasteiger charge is -2.26. The second-order valence-corrected chi connectivity index (χ2v) is 9.98. The molecule has 0 aliphatic rings. The number of amides is 3. The molecule has 39 heavy (non-hydrogen) atoms. The third-order valence-corrected chi connectivity index (χ3v) is 6.07. The van der Waals surface area contributed by atoms with Gasteiger partial charge in [-0.05, 0) is 42.5 Å². The molecule has 212 valence electrons. The summed E-state index contributed by atoms with van der Waals surface area (Å²) in [6.07, 6.45) is -0.891. The molecule has 0 heterocycles. The van der Waals surface area contributed by atoms with Crippen molar-refractivity contribution in [3.63, 3.8) is 0 Å². The minimum atomic E-state index is -1.26. The lowest BCUT2D eigenvalue weighted by atomic mass is 10.00. The van der Waals surface area contributed by atoms with Crippen LogP contribution in [0.3, 0.4) is 0 Å². The number of aliphatic hydroxyl groups excluding tert-OH is 1. The van der Waals surface area contributed by atoms with Crippen molar-refractivity contribution in [1.29, 1.82) is 0 Å². The molecule has 8 N–H and O–H groups in total. The summed E-state index contributed by atoms with van der Waals surface area (Å²) in [5, 5.41) is 36.7. The third kappa shape index (κ3) is 10.4. The Morgan fingerprint density at radius 2 is 1.23 bits per heavy atom. The molecule has 0 saturated carbocycles. The Balaban J connectivity index is 2.28. The van der Waals surface area contributed by atoms with E-state index in [4.69, 9.17) is 5.73 Å². The van der Waals surface area contributed by atoms with Crippen LogP contribution in [-0.2, 0) is 32.0 Å². The second-order valence-electron chi connectivity index (χ2n) is 9.98. The van der Waals surface area contributed by atoms with Crippen molar-refractivity contribution in [2.24, 2.45) is 11.7 Å². The zero-order valence-electron chi connectivity index (χ0n) is 22.3. The lowest BCUT2D eigenvalue weighted by molar-refractivity contribution is -0.142. The summed E-state index contributed by atoms with van der Waals surface area (Å²) in [7, 11) is 0. The van der Waals surface area contributed by atoms with Crippen LogP contribution in [0.5, 0.6) is 5.75 Å². The number of hydrogen-bond donors (Lipinski definition) is 7. The van der Waals surface area contributed by atoms with Gasteiger partial charge in [0.2, 0.25) is 17.7 Å². The summed E-state index contributed by atoms with van der Waals surface area (Å²) < 4.78 is 0. The molecule has 0 aliphatic heterocycles. The van der Waals surface area contributed by atoms with E-state index in [0.29, 0.717) is 11.1 Å². The number of phenolic OH excluding ortho intramolecular Hbond substituents is 1. The number of carbonyl (C=O) groups is 4. The summed E-state index contributed by atoms with van der Waals surface area (Å²) in [5.41, 5.74) is 7.02. The smallest absolute Gasteiger partial charge is 0.326 e. The number of hydrogen-bond acceptors (Lipinski definition) is 7. The molecular formula is C28H38N4O7. The SMILES string of the molecule is CC(C)CC(NC(=O)C(N)C(C)O)C(=O)NC(Cc1ccc(O)cc1)C(=O)NC(Cc1ccccc1)C(=O)O. The van der Waals surface area contributed by atoms with E-state index >= 15 is 0 Å². The molecule has 0 spiro atoms. The Bertz CT molecular complexity index is 1110. The minimum Gasteiger partial charge on any atom is -0.508 e. The van der Waals surface area contributed by atoms with Crippen molar-refractivity contribution >= 4 is 23.7 Å². The van der Waals surface area contributed by atoms with E-state index in [-0.39, 0.29) is 30.9 Å². The number of nitrogens with two attached hydrogens (primary N) is 1. The van der Waals surface area contributed by atoms with Gasteiger partial charge in [-0.25, -0.2) is 4.79 Å². The molecule has 11 heteroatoms. The summed E-state index contributed by atoms with van der Waals surface area (Å²) in [6.45, 7) is 5.06. The fourth-order valence-electron chi connectivity index (χ4n) is 3.86. The number of carboxylic acid groups (broad SMARTS) is 1. The molecule has 5 unspecified atom stereocenters. The van der Waals surface area contributed by atoms with E-state index < -0.39 is 54.0 Å². The standard InChI is InChI=1S/C28H38N4O7/c1-16(2)13-21(31-27(37)24(29)17(3)33)25(35)30-22(14-19-9-11-20(34)12-10-19)26(36)32-23(28(38)39)15-18-7-5-4-6-8-18/h4-12,16-17,21-24,33-34H,13-15,29H2,1-3H3,(H,30,35)(H,31,37)(H,32,36)(H,38,39). The number of carbonyl (C=O) groups excluding carboxylic acids is 3. The fraction of sp³-hybridized carbons (Fsp3) is 0.429. The molecule has 0 aliphatic carbocycles. The Hall–Kier alpha value is -3.96. The maximum absolute atomic E-state index is 13.3. The van der Waals surface area contributed by atoms with Gasteiger partial charge in [0.1, 0.15) is 29.9 Å². The molecule has 0 bridgehead atoms. The van der Waals surface area contributed by atoms with E-state index in [1.54, 1.807) is 42.5 Å². The highest BCUT2D eigenvalue weighted by atomic mass is 16.4. The lowest BCUT2D eigenvalue weighted by Crippen LogP contribution is -2.58. The van der Waals surface area contributed by atoms with Crippen molar-refractivity contribution in [2.45, 2.75) is 70.3 Å². The number of benzene rings is 2. The van der Waals surface area contributed by atoms with Crippen molar-refractivity contribution in [1.82, 2.24) is 16.0 Å². The van der Waals surface area contributed by atoms with Gasteiger partial charge in [-0.1, -0.05) is 56.3 Å². The summed E-state index contributed by atoms with van der Waals surface area (Å²) in [5.74, 6) is -3.35. The molecule has 5 atom stereocenters. The third-order valence-electron chi connectivity index (χ3n) is 6.07. The van der Waals surface area contributed by atoms with Gasteiger partial charge in [-0.2, -0.15) is 0 Å². The van der Waals surface area contributed by atoms with Gasteiger partial charge in [0, 0.05) is 12.8 Å². The molecule has 11 nitrogen and oxygen atoms in total. The Kier molecular flexibility index (Phi) is 11.9. The Morgan fingerprint density at radius 3 is 1.77 bits per heavy atom. The number of aliphatic carboxylic acids is 1. The molecular weight excluding hydrogens is 504 g/mol. The first-order valence-electron chi connectivity index (χ1n) is 12.8. The number of phenols is 1. The number of aliphatic hydroxyl groups is 1. The van der Waals surface area contributed by atoms with Crippen LogP contribution >= 0.6 is 0 Å². The highest BCUT2D eigenvalue weighted by Crippen LogP contribution is 2.13. The Morgan fingerprint density at radius 1 is 0.744 bits per heavy atom. The van der Waals surface area contributed by atoms with Crippen molar-refractivity contribution in [3.8, 4) is 5.75 Å². The van der Waals surface area contributed by atoms with Crippen molar-refractivity contribution in [2.75, 3.05) is 0 Å². The maximum Gasteiger partial charge on any atom is 0.326 e. The van der Waals surface area contributed by atoms with Crippen molar-refractivity contribution < 1.29 is 34.5 Å². The topological polar surface area (TPSA) is 191 Å². The van der Waals surface area contributed by atoms with Crippen LogP contribution in [0.15, 0.2) is 54.6 Å². The van der Waals surface area contributed by atoms with E-state index in [9.17, 15) is 34.5 Å². The average molecular weight is 543 g/mol. The number of nitrogens with one attached hydrogen (secondary N) is 3. The predicted octanol–water partition coefficient (Wildman–Crippen LogP) is 0.471. The van der Waals surface area contributed by atoms with E-state index in [1.807, 2.05) is 13.8 Å². The maximum atomic E-state index is 13.3. The highest BCUT2D eigenvalue weighted by Gasteiger charge is 2.31. The van der Waals surface area contributed by atoms with Gasteiger partial charge in [0.25, 0.3) is 0 Å². The minimum absolute atomic E-state index is 0.00887. The normalized spacial score (nSPS) is 14.9. The number of carboxylic acids is 1. The van der Waals surface area contributed by atoms with E-state index in [0.717, 1.165) is 0 Å². The molecule has 0 radical (unpaired) electrons. The number of aromatic hydroxyl groups is 1. The second kappa shape index (κ2) is 14.8. The summed E-state index contributed by atoms with van der Waals surface area (Å²) in [6, 6.07) is 10.1. The van der Waals surface area contributed by atoms with Gasteiger partial charge in [0.05, 0.1) is 6.10 Å². The zero-order valence-corrected chi connectivity index (χ0v) is 22.3. The van der Waals surface area contributed by atoms with Gasteiger partial charge in [0.15, 0.2) is 0 Å². The first kappa shape index (κ1) is 31.3. The fourth-order valence-corrected chi connectivity index (χ4v) is 3.86. The molecule has 2 rings (SSSR count).